The molecule has 62 valence electrons. The van der Waals surface area contributed by atoms with Gasteiger partial charge in [-0.05, 0) is 13.0 Å². The third-order valence-electron chi connectivity index (χ3n) is 1.56. The minimum Gasteiger partial charge on any atom is -0.344 e. The Hall–Kier alpha value is -0.670. The van der Waals surface area contributed by atoms with Gasteiger partial charge in [0.1, 0.15) is 6.29 Å². The van der Waals surface area contributed by atoms with Gasteiger partial charge in [-0.1, -0.05) is 6.08 Å². The lowest BCUT2D eigenvalue weighted by Gasteiger charge is -2.20. The Kier molecular flexibility index (Phi) is 2.79. The highest BCUT2D eigenvalue weighted by atomic mass is 16.7. The zero-order valence-electron chi connectivity index (χ0n) is 6.58. The van der Waals surface area contributed by atoms with Crippen molar-refractivity contribution in [1.82, 2.24) is 0 Å². The van der Waals surface area contributed by atoms with E-state index >= 15 is 0 Å². The quantitative estimate of drug-likeness (QED) is 0.449. The minimum atomic E-state index is -0.753. The lowest BCUT2D eigenvalue weighted by Crippen LogP contribution is -2.27. The molecule has 0 spiro atoms. The predicted octanol–water partition coefficient (Wildman–Crippen LogP) is 0.895. The molecule has 3 heteroatoms. The van der Waals surface area contributed by atoms with Gasteiger partial charge >= 0.3 is 0 Å². The highest BCUT2D eigenvalue weighted by molar-refractivity contribution is 5.51. The van der Waals surface area contributed by atoms with Crippen molar-refractivity contribution in [3.05, 3.63) is 12.2 Å². The van der Waals surface area contributed by atoms with E-state index in [1.807, 2.05) is 13.0 Å². The molecular weight excluding hydrogens is 144 g/mol. The molecule has 11 heavy (non-hydrogen) atoms. The first-order valence-corrected chi connectivity index (χ1v) is 3.68. The van der Waals surface area contributed by atoms with Crippen LogP contribution in [0.3, 0.4) is 0 Å². The highest BCUT2D eigenvalue weighted by Crippen LogP contribution is 2.23. The Morgan fingerprint density at radius 3 is 2.55 bits per heavy atom. The molecule has 0 aliphatic carbocycles. The first-order chi connectivity index (χ1) is 5.33. The van der Waals surface area contributed by atoms with Gasteiger partial charge in [-0.3, -0.25) is 0 Å². The van der Waals surface area contributed by atoms with Crippen molar-refractivity contribution in [2.45, 2.75) is 19.1 Å². The molecule has 0 radical (unpaired) electrons. The molecule has 0 saturated carbocycles. The summed E-state index contributed by atoms with van der Waals surface area (Å²) < 4.78 is 10.6. The van der Waals surface area contributed by atoms with Gasteiger partial charge in [0.15, 0.2) is 5.79 Å². The van der Waals surface area contributed by atoms with Crippen LogP contribution in [0, 0.1) is 0 Å². The Morgan fingerprint density at radius 2 is 2.09 bits per heavy atom. The molecule has 0 amide bonds. The Bertz CT molecular complexity index is 157. The van der Waals surface area contributed by atoms with Crippen LogP contribution >= 0.6 is 0 Å². The van der Waals surface area contributed by atoms with E-state index in [2.05, 4.69) is 0 Å². The van der Waals surface area contributed by atoms with Crippen LogP contribution in [0.2, 0.25) is 0 Å². The van der Waals surface area contributed by atoms with E-state index in [9.17, 15) is 4.79 Å². The molecule has 0 aromatic rings. The fraction of sp³-hybridized carbons (Fsp3) is 0.625. The SMILES string of the molecule is C/C=C/C1(CC=O)OCCO1. The van der Waals surface area contributed by atoms with Crippen molar-refractivity contribution in [1.29, 1.82) is 0 Å². The summed E-state index contributed by atoms with van der Waals surface area (Å²) in [5, 5.41) is 0. The van der Waals surface area contributed by atoms with Gasteiger partial charge in [0, 0.05) is 0 Å². The lowest BCUT2D eigenvalue weighted by atomic mass is 10.2. The summed E-state index contributed by atoms with van der Waals surface area (Å²) in [7, 11) is 0. The average Bonchev–Trinajstić information content (AvgIpc) is 2.39. The van der Waals surface area contributed by atoms with E-state index in [1.54, 1.807) is 6.08 Å². The van der Waals surface area contributed by atoms with Crippen molar-refractivity contribution >= 4 is 6.29 Å². The monoisotopic (exact) mass is 156 g/mol. The van der Waals surface area contributed by atoms with Crippen LogP contribution < -0.4 is 0 Å². The Labute approximate surface area is 66.0 Å². The van der Waals surface area contributed by atoms with E-state index in [0.29, 0.717) is 13.2 Å². The summed E-state index contributed by atoms with van der Waals surface area (Å²) >= 11 is 0. The predicted molar refractivity (Wildman–Crippen MR) is 40.1 cm³/mol. The second-order valence-electron chi connectivity index (χ2n) is 2.38. The number of hydrogen-bond donors (Lipinski definition) is 0. The molecule has 1 heterocycles. The molecule has 1 rings (SSSR count). The summed E-state index contributed by atoms with van der Waals surface area (Å²) in [6.45, 7) is 3.01. The van der Waals surface area contributed by atoms with Crippen LogP contribution in [0.5, 0.6) is 0 Å². The van der Waals surface area contributed by atoms with Crippen molar-refractivity contribution in [2.75, 3.05) is 13.2 Å². The van der Waals surface area contributed by atoms with Gasteiger partial charge in [-0.2, -0.15) is 0 Å². The molecule has 0 aromatic carbocycles. The number of ether oxygens (including phenoxy) is 2. The number of rotatable bonds is 3. The largest absolute Gasteiger partial charge is 0.344 e. The van der Waals surface area contributed by atoms with Gasteiger partial charge in [0.2, 0.25) is 0 Å². The smallest absolute Gasteiger partial charge is 0.194 e. The van der Waals surface area contributed by atoms with Gasteiger partial charge < -0.3 is 14.3 Å². The Morgan fingerprint density at radius 1 is 1.45 bits per heavy atom. The molecule has 1 saturated heterocycles. The van der Waals surface area contributed by atoms with Crippen LogP contribution in [0.25, 0.3) is 0 Å². The fourth-order valence-corrected chi connectivity index (χ4v) is 1.12. The third-order valence-corrected chi connectivity index (χ3v) is 1.56. The molecule has 1 fully saturated rings. The van der Waals surface area contributed by atoms with Crippen LogP contribution in [0.1, 0.15) is 13.3 Å². The zero-order chi connectivity index (χ0) is 8.16. The maximum absolute atomic E-state index is 10.2. The normalized spacial score (nSPS) is 22.6. The van der Waals surface area contributed by atoms with E-state index in [1.165, 1.54) is 0 Å². The van der Waals surface area contributed by atoms with E-state index in [0.717, 1.165) is 6.29 Å². The zero-order valence-corrected chi connectivity index (χ0v) is 6.58. The molecular formula is C8H12O3. The summed E-state index contributed by atoms with van der Waals surface area (Å²) in [4.78, 5) is 10.2. The molecule has 0 unspecified atom stereocenters. The van der Waals surface area contributed by atoms with E-state index < -0.39 is 5.79 Å². The first-order valence-electron chi connectivity index (χ1n) is 3.68. The molecule has 0 bridgehead atoms. The van der Waals surface area contributed by atoms with Crippen LogP contribution in [-0.2, 0) is 14.3 Å². The first kappa shape index (κ1) is 8.43. The fourth-order valence-electron chi connectivity index (χ4n) is 1.12. The molecule has 1 aliphatic rings. The maximum atomic E-state index is 10.2. The van der Waals surface area contributed by atoms with Gasteiger partial charge in [-0.15, -0.1) is 0 Å². The van der Waals surface area contributed by atoms with Gasteiger partial charge in [0.25, 0.3) is 0 Å². The summed E-state index contributed by atoms with van der Waals surface area (Å²) in [6.07, 6.45) is 4.69. The number of allylic oxidation sites excluding steroid dienone is 1. The van der Waals surface area contributed by atoms with Crippen LogP contribution in [0.15, 0.2) is 12.2 Å². The number of hydrogen-bond acceptors (Lipinski definition) is 3. The van der Waals surface area contributed by atoms with Gasteiger partial charge in [0.05, 0.1) is 19.6 Å². The molecule has 0 aromatic heterocycles. The van der Waals surface area contributed by atoms with Crippen molar-refractivity contribution in [2.24, 2.45) is 0 Å². The lowest BCUT2D eigenvalue weighted by molar-refractivity contribution is -0.135. The van der Waals surface area contributed by atoms with Crippen molar-refractivity contribution in [3.8, 4) is 0 Å². The Balaban J connectivity index is 2.61. The summed E-state index contributed by atoms with van der Waals surface area (Å²) in [5.74, 6) is -0.753. The summed E-state index contributed by atoms with van der Waals surface area (Å²) in [5.41, 5.74) is 0. The van der Waals surface area contributed by atoms with Crippen LogP contribution in [0.4, 0.5) is 0 Å². The molecule has 0 atom stereocenters. The van der Waals surface area contributed by atoms with Crippen molar-refractivity contribution in [3.63, 3.8) is 0 Å². The summed E-state index contributed by atoms with van der Waals surface area (Å²) in [6, 6.07) is 0. The molecule has 1 aliphatic heterocycles. The minimum absolute atomic E-state index is 0.275. The molecule has 0 N–H and O–H groups in total. The van der Waals surface area contributed by atoms with E-state index in [4.69, 9.17) is 9.47 Å². The van der Waals surface area contributed by atoms with Crippen LogP contribution in [-0.4, -0.2) is 25.3 Å². The van der Waals surface area contributed by atoms with Crippen molar-refractivity contribution < 1.29 is 14.3 Å². The number of aldehydes is 1. The highest BCUT2D eigenvalue weighted by Gasteiger charge is 2.32. The second-order valence-corrected chi connectivity index (χ2v) is 2.38. The second kappa shape index (κ2) is 3.64. The van der Waals surface area contributed by atoms with Gasteiger partial charge in [-0.25, -0.2) is 0 Å². The topological polar surface area (TPSA) is 35.5 Å². The number of carbonyl (C=O) groups excluding carboxylic acids is 1. The number of carbonyl (C=O) groups is 1. The maximum Gasteiger partial charge on any atom is 0.194 e. The third kappa shape index (κ3) is 1.88. The molecule has 3 nitrogen and oxygen atoms in total. The average molecular weight is 156 g/mol. The standard InChI is InChI=1S/C8H12O3/c1-2-3-8(4-5-9)10-6-7-11-8/h2-3,5H,4,6-7H2,1H3/b3-2+. The van der Waals surface area contributed by atoms with E-state index in [-0.39, 0.29) is 6.42 Å².